The second-order valence-electron chi connectivity index (χ2n) is 5.33. The largest absolute Gasteiger partial charge is 0.490 e. The van der Waals surface area contributed by atoms with Crippen molar-refractivity contribution in [3.8, 4) is 5.75 Å². The van der Waals surface area contributed by atoms with Gasteiger partial charge in [0.15, 0.2) is 5.75 Å². The smallest absolute Gasteiger partial charge is 0.271 e. The molecule has 0 spiro atoms. The number of carbonyl (C=O) groups is 1. The van der Waals surface area contributed by atoms with E-state index in [-0.39, 0.29) is 21.3 Å². The molecule has 0 saturated heterocycles. The summed E-state index contributed by atoms with van der Waals surface area (Å²) in [7, 11) is 0. The van der Waals surface area contributed by atoms with E-state index < -0.39 is 10.8 Å². The number of hydrogen-bond donors (Lipinski definition) is 1. The van der Waals surface area contributed by atoms with Gasteiger partial charge in [0, 0.05) is 17.7 Å². The zero-order valence-corrected chi connectivity index (χ0v) is 15.1. The minimum atomic E-state index is -0.525. The highest BCUT2D eigenvalue weighted by atomic mass is 35.5. The van der Waals surface area contributed by atoms with Crippen molar-refractivity contribution >= 4 is 40.5 Å². The maximum atomic E-state index is 12.4. The van der Waals surface area contributed by atoms with Crippen LogP contribution in [0.5, 0.6) is 5.75 Å². The molecular formula is C17H16Cl2N2O4. The van der Waals surface area contributed by atoms with E-state index in [1.807, 2.05) is 6.92 Å². The summed E-state index contributed by atoms with van der Waals surface area (Å²) in [4.78, 5) is 22.8. The van der Waals surface area contributed by atoms with Crippen molar-refractivity contribution in [1.82, 2.24) is 0 Å². The number of anilines is 1. The average molecular weight is 383 g/mol. The number of carbonyl (C=O) groups excluding carboxylic acids is 1. The lowest BCUT2D eigenvalue weighted by Gasteiger charge is -2.12. The Morgan fingerprint density at radius 3 is 2.44 bits per heavy atom. The lowest BCUT2D eigenvalue weighted by molar-refractivity contribution is -0.384. The van der Waals surface area contributed by atoms with Crippen LogP contribution in [-0.2, 0) is 0 Å². The number of aryl methyl sites for hydroxylation is 1. The van der Waals surface area contributed by atoms with E-state index in [0.717, 1.165) is 6.42 Å². The first kappa shape index (κ1) is 19.0. The molecule has 0 aliphatic carbocycles. The second-order valence-corrected chi connectivity index (χ2v) is 6.14. The lowest BCUT2D eigenvalue weighted by atomic mass is 10.1. The zero-order valence-electron chi connectivity index (χ0n) is 13.6. The Hall–Kier alpha value is -2.31. The summed E-state index contributed by atoms with van der Waals surface area (Å²) < 4.78 is 5.46. The van der Waals surface area contributed by atoms with Crippen LogP contribution < -0.4 is 10.1 Å². The van der Waals surface area contributed by atoms with Crippen molar-refractivity contribution in [2.24, 2.45) is 0 Å². The third-order valence-corrected chi connectivity index (χ3v) is 3.95. The Morgan fingerprint density at radius 2 is 1.88 bits per heavy atom. The lowest BCUT2D eigenvalue weighted by Crippen LogP contribution is -2.13. The Bertz CT molecular complexity index is 801. The first-order valence-corrected chi connectivity index (χ1v) is 8.27. The van der Waals surface area contributed by atoms with Crippen LogP contribution in [-0.4, -0.2) is 17.4 Å². The summed E-state index contributed by atoms with van der Waals surface area (Å²) in [6.07, 6.45) is 0.793. The summed E-state index contributed by atoms with van der Waals surface area (Å²) in [5, 5.41) is 14.0. The monoisotopic (exact) mass is 382 g/mol. The molecule has 0 fully saturated rings. The van der Waals surface area contributed by atoms with Crippen LogP contribution in [0.25, 0.3) is 0 Å². The normalized spacial score (nSPS) is 10.4. The van der Waals surface area contributed by atoms with Gasteiger partial charge in [-0.2, -0.15) is 0 Å². The van der Waals surface area contributed by atoms with E-state index in [1.165, 1.54) is 24.3 Å². The molecule has 0 saturated carbocycles. The summed E-state index contributed by atoms with van der Waals surface area (Å²) in [5.41, 5.74) is 1.15. The fraction of sp³-hybridized carbons (Fsp3) is 0.235. The Balaban J connectivity index is 2.27. The van der Waals surface area contributed by atoms with Crippen molar-refractivity contribution in [2.75, 3.05) is 11.9 Å². The number of nitro benzene ring substituents is 1. The molecular weight excluding hydrogens is 367 g/mol. The number of non-ortho nitro benzene ring substituents is 1. The number of rotatable bonds is 6. The van der Waals surface area contributed by atoms with E-state index >= 15 is 0 Å². The summed E-state index contributed by atoms with van der Waals surface area (Å²) >= 11 is 12.3. The number of nitrogens with one attached hydrogen (secondary N) is 1. The van der Waals surface area contributed by atoms with Gasteiger partial charge in [-0.1, -0.05) is 36.2 Å². The molecule has 1 amide bonds. The van der Waals surface area contributed by atoms with Crippen molar-refractivity contribution < 1.29 is 14.5 Å². The van der Waals surface area contributed by atoms with Gasteiger partial charge in [-0.3, -0.25) is 14.9 Å². The molecule has 0 aliphatic heterocycles. The molecule has 0 heterocycles. The summed E-state index contributed by atoms with van der Waals surface area (Å²) in [5.74, 6) is -0.150. The van der Waals surface area contributed by atoms with Crippen molar-refractivity contribution in [2.45, 2.75) is 20.3 Å². The highest BCUT2D eigenvalue weighted by Crippen LogP contribution is 2.34. The molecule has 0 aliphatic rings. The van der Waals surface area contributed by atoms with Crippen molar-refractivity contribution in [1.29, 1.82) is 0 Å². The SMILES string of the molecule is CCCOc1c(Cl)cc(C(=O)Nc2cc([N+](=O)[O-])ccc2C)cc1Cl. The molecule has 0 bridgehead atoms. The molecule has 2 rings (SSSR count). The van der Waals surface area contributed by atoms with E-state index in [4.69, 9.17) is 27.9 Å². The average Bonchev–Trinajstić information content (AvgIpc) is 2.55. The van der Waals surface area contributed by atoms with E-state index in [1.54, 1.807) is 13.0 Å². The fourth-order valence-corrected chi connectivity index (χ4v) is 2.68. The Kier molecular flexibility index (Phi) is 6.22. The first-order chi connectivity index (χ1) is 11.8. The van der Waals surface area contributed by atoms with Crippen LogP contribution in [0.3, 0.4) is 0 Å². The minimum absolute atomic E-state index is 0.111. The van der Waals surface area contributed by atoms with Crippen LogP contribution in [0.1, 0.15) is 29.3 Å². The van der Waals surface area contributed by atoms with Gasteiger partial charge in [-0.05, 0) is 31.0 Å². The molecule has 0 radical (unpaired) electrons. The van der Waals surface area contributed by atoms with Gasteiger partial charge < -0.3 is 10.1 Å². The van der Waals surface area contributed by atoms with E-state index in [0.29, 0.717) is 23.6 Å². The number of nitro groups is 1. The highest BCUT2D eigenvalue weighted by Gasteiger charge is 2.16. The van der Waals surface area contributed by atoms with Crippen LogP contribution in [0.4, 0.5) is 11.4 Å². The fourth-order valence-electron chi connectivity index (χ4n) is 2.09. The number of benzene rings is 2. The minimum Gasteiger partial charge on any atom is -0.490 e. The van der Waals surface area contributed by atoms with E-state index in [2.05, 4.69) is 5.32 Å². The topological polar surface area (TPSA) is 81.5 Å². The number of halogens is 2. The van der Waals surface area contributed by atoms with Gasteiger partial charge in [0.25, 0.3) is 11.6 Å². The van der Waals surface area contributed by atoms with Crippen LogP contribution >= 0.6 is 23.2 Å². The van der Waals surface area contributed by atoms with E-state index in [9.17, 15) is 14.9 Å². The first-order valence-electron chi connectivity index (χ1n) is 7.51. The predicted molar refractivity (Wildman–Crippen MR) is 98.0 cm³/mol. The molecule has 25 heavy (non-hydrogen) atoms. The maximum absolute atomic E-state index is 12.4. The van der Waals surface area contributed by atoms with Crippen LogP contribution in [0.2, 0.25) is 10.0 Å². The van der Waals surface area contributed by atoms with Gasteiger partial charge >= 0.3 is 0 Å². The maximum Gasteiger partial charge on any atom is 0.271 e. The Labute approximate surface area is 154 Å². The van der Waals surface area contributed by atoms with Gasteiger partial charge in [0.05, 0.1) is 27.3 Å². The number of hydrogen-bond acceptors (Lipinski definition) is 4. The third kappa shape index (κ3) is 4.61. The number of ether oxygens (including phenoxy) is 1. The van der Waals surface area contributed by atoms with Gasteiger partial charge in [-0.15, -0.1) is 0 Å². The quantitative estimate of drug-likeness (QED) is 0.546. The molecule has 132 valence electrons. The molecule has 2 aromatic rings. The van der Waals surface area contributed by atoms with Gasteiger partial charge in [-0.25, -0.2) is 0 Å². The van der Waals surface area contributed by atoms with Crippen molar-refractivity contribution in [3.63, 3.8) is 0 Å². The molecule has 8 heteroatoms. The molecule has 0 aromatic heterocycles. The van der Waals surface area contributed by atoms with Gasteiger partial charge in [0.1, 0.15) is 0 Å². The summed E-state index contributed by atoms with van der Waals surface area (Å²) in [6, 6.07) is 7.13. The van der Waals surface area contributed by atoms with Crippen molar-refractivity contribution in [3.05, 3.63) is 61.6 Å². The number of nitrogens with zero attached hydrogens (tertiary/aromatic N) is 1. The standard InChI is InChI=1S/C17H16Cl2N2O4/c1-3-6-25-16-13(18)7-11(8-14(16)19)17(22)20-15-9-12(21(23)24)5-4-10(15)2/h4-5,7-9H,3,6H2,1-2H3,(H,20,22). The number of amides is 1. The highest BCUT2D eigenvalue weighted by molar-refractivity contribution is 6.37. The molecule has 0 unspecified atom stereocenters. The molecule has 2 aromatic carbocycles. The third-order valence-electron chi connectivity index (χ3n) is 3.39. The predicted octanol–water partition coefficient (Wildman–Crippen LogP) is 5.25. The molecule has 1 N–H and O–H groups in total. The summed E-state index contributed by atoms with van der Waals surface area (Å²) in [6.45, 7) is 4.14. The van der Waals surface area contributed by atoms with Gasteiger partial charge in [0.2, 0.25) is 0 Å². The molecule has 0 atom stereocenters. The second kappa shape index (κ2) is 8.18. The zero-order chi connectivity index (χ0) is 18.6. The van der Waals surface area contributed by atoms with Crippen LogP contribution in [0, 0.1) is 17.0 Å². The van der Waals surface area contributed by atoms with Crippen LogP contribution in [0.15, 0.2) is 30.3 Å². The Morgan fingerprint density at radius 1 is 1.24 bits per heavy atom. The molecule has 6 nitrogen and oxygen atoms in total.